The monoisotopic (exact) mass is 290 g/mol. The van der Waals surface area contributed by atoms with Crippen LogP contribution in [0, 0.1) is 11.8 Å². The molecule has 114 valence electrons. The quantitative estimate of drug-likeness (QED) is 0.803. The zero-order valence-corrected chi connectivity index (χ0v) is 12.7. The van der Waals surface area contributed by atoms with Gasteiger partial charge in [0.1, 0.15) is 12.2 Å². The van der Waals surface area contributed by atoms with Gasteiger partial charge in [0.25, 0.3) is 0 Å². The summed E-state index contributed by atoms with van der Waals surface area (Å²) in [4.78, 5) is 12.2. The molecule has 2 heterocycles. The van der Waals surface area contributed by atoms with E-state index in [-0.39, 0.29) is 30.0 Å². The van der Waals surface area contributed by atoms with E-state index >= 15 is 0 Å². The largest absolute Gasteiger partial charge is 0.459 e. The van der Waals surface area contributed by atoms with Crippen molar-refractivity contribution >= 4 is 5.97 Å². The van der Waals surface area contributed by atoms with Crippen LogP contribution in [-0.4, -0.2) is 30.6 Å². The number of hydrogen-bond donors (Lipinski definition) is 0. The number of benzene rings is 1. The van der Waals surface area contributed by atoms with E-state index < -0.39 is 5.79 Å². The molecule has 2 saturated heterocycles. The molecule has 3 rings (SSSR count). The molecule has 2 aliphatic rings. The first-order chi connectivity index (χ1) is 9.96. The average molecular weight is 290 g/mol. The molecule has 2 fully saturated rings. The summed E-state index contributed by atoms with van der Waals surface area (Å²) in [5.41, 5.74) is 1.16. The van der Waals surface area contributed by atoms with Crippen molar-refractivity contribution in [1.82, 2.24) is 0 Å². The van der Waals surface area contributed by atoms with Crippen molar-refractivity contribution < 1.29 is 19.0 Å². The number of rotatable bonds is 3. The van der Waals surface area contributed by atoms with Gasteiger partial charge in [0.2, 0.25) is 0 Å². The van der Waals surface area contributed by atoms with Gasteiger partial charge in [-0.3, -0.25) is 4.79 Å². The lowest BCUT2D eigenvalue weighted by molar-refractivity contribution is -0.164. The van der Waals surface area contributed by atoms with Crippen molar-refractivity contribution in [3.8, 4) is 0 Å². The van der Waals surface area contributed by atoms with Crippen molar-refractivity contribution in [2.75, 3.05) is 6.61 Å². The molecule has 0 aromatic heterocycles. The summed E-state index contributed by atoms with van der Waals surface area (Å²) >= 11 is 0. The molecule has 0 radical (unpaired) electrons. The minimum absolute atomic E-state index is 0.107. The SMILES string of the molecule is CC1C(Cc2ccccc2)C(=O)OC1C1COC(C)(C)O1. The smallest absolute Gasteiger partial charge is 0.310 e. The lowest BCUT2D eigenvalue weighted by atomic mass is 9.85. The second-order valence-corrected chi connectivity index (χ2v) is 6.42. The maximum atomic E-state index is 12.2. The highest BCUT2D eigenvalue weighted by atomic mass is 16.8. The Balaban J connectivity index is 1.69. The minimum Gasteiger partial charge on any atom is -0.459 e. The Bertz CT molecular complexity index is 511. The van der Waals surface area contributed by atoms with Gasteiger partial charge in [0.05, 0.1) is 12.5 Å². The molecule has 21 heavy (non-hydrogen) atoms. The molecule has 0 aliphatic carbocycles. The van der Waals surface area contributed by atoms with E-state index in [1.807, 2.05) is 44.2 Å². The molecular weight excluding hydrogens is 268 g/mol. The van der Waals surface area contributed by atoms with Crippen molar-refractivity contribution in [3.05, 3.63) is 35.9 Å². The predicted molar refractivity (Wildman–Crippen MR) is 77.6 cm³/mol. The highest BCUT2D eigenvalue weighted by molar-refractivity contribution is 5.75. The van der Waals surface area contributed by atoms with Gasteiger partial charge in [-0.1, -0.05) is 37.3 Å². The zero-order chi connectivity index (χ0) is 15.0. The van der Waals surface area contributed by atoms with Gasteiger partial charge in [-0.25, -0.2) is 0 Å². The standard InChI is InChI=1S/C17H22O4/c1-11-13(9-12-7-5-4-6-8-12)16(18)20-15(11)14-10-19-17(2,3)21-14/h4-8,11,13-15H,9-10H2,1-3H3. The number of carbonyl (C=O) groups excluding carboxylic acids is 1. The molecule has 4 atom stereocenters. The summed E-state index contributed by atoms with van der Waals surface area (Å²) in [6.45, 7) is 6.32. The first-order valence-corrected chi connectivity index (χ1v) is 7.52. The fourth-order valence-electron chi connectivity index (χ4n) is 3.20. The third kappa shape index (κ3) is 2.97. The van der Waals surface area contributed by atoms with Crippen LogP contribution in [0.3, 0.4) is 0 Å². The third-order valence-electron chi connectivity index (χ3n) is 4.40. The summed E-state index contributed by atoms with van der Waals surface area (Å²) in [6, 6.07) is 10.1. The van der Waals surface area contributed by atoms with E-state index in [0.717, 1.165) is 5.56 Å². The fraction of sp³-hybridized carbons (Fsp3) is 0.588. The van der Waals surface area contributed by atoms with Crippen molar-refractivity contribution in [3.63, 3.8) is 0 Å². The molecule has 1 aromatic carbocycles. The van der Waals surface area contributed by atoms with Crippen LogP contribution in [0.15, 0.2) is 30.3 Å². The summed E-state index contributed by atoms with van der Waals surface area (Å²) in [5.74, 6) is -0.691. The molecule has 0 amide bonds. The molecule has 2 aliphatic heterocycles. The van der Waals surface area contributed by atoms with Crippen LogP contribution in [0.2, 0.25) is 0 Å². The van der Waals surface area contributed by atoms with Gasteiger partial charge in [0.15, 0.2) is 5.79 Å². The highest BCUT2D eigenvalue weighted by Crippen LogP contribution is 2.37. The number of cyclic esters (lactones) is 1. The van der Waals surface area contributed by atoms with E-state index in [2.05, 4.69) is 6.92 Å². The van der Waals surface area contributed by atoms with Crippen molar-refractivity contribution in [2.24, 2.45) is 11.8 Å². The van der Waals surface area contributed by atoms with Crippen LogP contribution >= 0.6 is 0 Å². The molecule has 0 saturated carbocycles. The van der Waals surface area contributed by atoms with Crippen LogP contribution in [-0.2, 0) is 25.4 Å². The topological polar surface area (TPSA) is 44.8 Å². The molecule has 0 N–H and O–H groups in total. The van der Waals surface area contributed by atoms with Crippen molar-refractivity contribution in [2.45, 2.75) is 45.2 Å². The zero-order valence-electron chi connectivity index (χ0n) is 12.7. The Kier molecular flexibility index (Phi) is 3.76. The van der Waals surface area contributed by atoms with E-state index in [1.165, 1.54) is 0 Å². The lowest BCUT2D eigenvalue weighted by Crippen LogP contribution is -2.35. The maximum Gasteiger partial charge on any atom is 0.310 e. The Morgan fingerprint density at radius 3 is 2.57 bits per heavy atom. The number of esters is 1. The number of ether oxygens (including phenoxy) is 3. The third-order valence-corrected chi connectivity index (χ3v) is 4.40. The molecule has 4 heteroatoms. The Hall–Kier alpha value is -1.39. The minimum atomic E-state index is -0.589. The molecule has 4 unspecified atom stereocenters. The van der Waals surface area contributed by atoms with Crippen LogP contribution in [0.5, 0.6) is 0 Å². The lowest BCUT2D eigenvalue weighted by Gasteiger charge is -2.23. The molecule has 4 nitrogen and oxygen atoms in total. The second kappa shape index (κ2) is 5.43. The Labute approximate surface area is 125 Å². The Morgan fingerprint density at radius 2 is 1.95 bits per heavy atom. The fourth-order valence-corrected chi connectivity index (χ4v) is 3.20. The Morgan fingerprint density at radius 1 is 1.24 bits per heavy atom. The van der Waals surface area contributed by atoms with Crippen LogP contribution in [0.4, 0.5) is 0 Å². The maximum absolute atomic E-state index is 12.2. The normalized spacial score (nSPS) is 34.9. The van der Waals surface area contributed by atoms with Crippen LogP contribution in [0.1, 0.15) is 26.3 Å². The molecule has 1 aromatic rings. The average Bonchev–Trinajstić information content (AvgIpc) is 2.94. The van der Waals surface area contributed by atoms with E-state index in [4.69, 9.17) is 14.2 Å². The summed E-state index contributed by atoms with van der Waals surface area (Å²) in [6.07, 6.45) is 0.335. The first-order valence-electron chi connectivity index (χ1n) is 7.52. The second-order valence-electron chi connectivity index (χ2n) is 6.42. The predicted octanol–water partition coefficient (Wildman–Crippen LogP) is 2.56. The molecule has 0 bridgehead atoms. The molecular formula is C17H22O4. The summed E-state index contributed by atoms with van der Waals surface area (Å²) < 4.78 is 17.0. The van der Waals surface area contributed by atoms with Gasteiger partial charge < -0.3 is 14.2 Å². The van der Waals surface area contributed by atoms with E-state index in [0.29, 0.717) is 13.0 Å². The van der Waals surface area contributed by atoms with Gasteiger partial charge in [0, 0.05) is 5.92 Å². The summed E-state index contributed by atoms with van der Waals surface area (Å²) in [5, 5.41) is 0. The van der Waals surface area contributed by atoms with Gasteiger partial charge in [-0.15, -0.1) is 0 Å². The van der Waals surface area contributed by atoms with Crippen molar-refractivity contribution in [1.29, 1.82) is 0 Å². The number of carbonyl (C=O) groups is 1. The highest BCUT2D eigenvalue weighted by Gasteiger charge is 2.49. The van der Waals surface area contributed by atoms with Gasteiger partial charge in [-0.05, 0) is 25.8 Å². The van der Waals surface area contributed by atoms with Crippen LogP contribution < -0.4 is 0 Å². The van der Waals surface area contributed by atoms with E-state index in [9.17, 15) is 4.79 Å². The molecule has 0 spiro atoms. The van der Waals surface area contributed by atoms with Gasteiger partial charge >= 0.3 is 5.97 Å². The van der Waals surface area contributed by atoms with E-state index in [1.54, 1.807) is 0 Å². The number of hydrogen-bond acceptors (Lipinski definition) is 4. The first kappa shape index (κ1) is 14.5. The summed E-state index contributed by atoms with van der Waals surface area (Å²) in [7, 11) is 0. The van der Waals surface area contributed by atoms with Crippen LogP contribution in [0.25, 0.3) is 0 Å². The van der Waals surface area contributed by atoms with Gasteiger partial charge in [-0.2, -0.15) is 0 Å².